The molecular formula is C29H33ClF3N5O4. The van der Waals surface area contributed by atoms with E-state index in [0.29, 0.717) is 25.9 Å². The fourth-order valence-electron chi connectivity index (χ4n) is 5.53. The molecular weight excluding hydrogens is 575 g/mol. The van der Waals surface area contributed by atoms with E-state index in [1.54, 1.807) is 0 Å². The summed E-state index contributed by atoms with van der Waals surface area (Å²) in [6.45, 7) is 0.416. The Morgan fingerprint density at radius 1 is 1.24 bits per heavy atom. The van der Waals surface area contributed by atoms with Gasteiger partial charge in [0, 0.05) is 31.7 Å². The summed E-state index contributed by atoms with van der Waals surface area (Å²) >= 11 is 5.69. The van der Waals surface area contributed by atoms with Crippen molar-refractivity contribution in [2.75, 3.05) is 13.1 Å². The van der Waals surface area contributed by atoms with Crippen LogP contribution in [0.2, 0.25) is 5.02 Å². The molecule has 0 radical (unpaired) electrons. The van der Waals surface area contributed by atoms with Crippen molar-refractivity contribution in [2.24, 2.45) is 5.73 Å². The molecule has 4 atom stereocenters. The molecule has 9 nitrogen and oxygen atoms in total. The lowest BCUT2D eigenvalue weighted by Crippen LogP contribution is -2.53. The standard InChI is InChI=1S/C28H31ClF3N5O2.CH2O2/c29-23-9-7-19(14-22(23)28(30,31)32)16-35-26(38)24(10-12-33)36-13-11-21(8-6-18-4-2-1-3-5-18)37-17-20(34)15-25(37)27(36)39;2-1-3/h1-5,7,9,14,20-21,24-25H,6,8,10-11,13,15-17,34H2,(H,35,38);1H,(H,2,3)/t20-,21?,24-,25+;/m1./s1. The van der Waals surface area contributed by atoms with Gasteiger partial charge in [-0.3, -0.25) is 19.3 Å². The molecule has 2 aromatic carbocycles. The Balaban J connectivity index is 0.00000155. The minimum absolute atomic E-state index is 0.0818. The first-order valence-electron chi connectivity index (χ1n) is 13.4. The first-order chi connectivity index (χ1) is 20.0. The summed E-state index contributed by atoms with van der Waals surface area (Å²) in [6.07, 6.45) is -2.14. The summed E-state index contributed by atoms with van der Waals surface area (Å²) in [6, 6.07) is 13.8. The van der Waals surface area contributed by atoms with E-state index in [1.165, 1.54) is 16.5 Å². The quantitative estimate of drug-likeness (QED) is 0.390. The minimum atomic E-state index is -4.63. The fourth-order valence-corrected chi connectivity index (χ4v) is 5.76. The van der Waals surface area contributed by atoms with Gasteiger partial charge in [0.25, 0.3) is 6.47 Å². The molecule has 2 aliphatic rings. The summed E-state index contributed by atoms with van der Waals surface area (Å²) in [5, 5.41) is 18.5. The Labute approximate surface area is 247 Å². The molecule has 13 heteroatoms. The molecule has 2 aliphatic heterocycles. The van der Waals surface area contributed by atoms with Crippen LogP contribution >= 0.6 is 11.6 Å². The maximum Gasteiger partial charge on any atom is 0.417 e. The molecule has 42 heavy (non-hydrogen) atoms. The van der Waals surface area contributed by atoms with Crippen molar-refractivity contribution < 1.29 is 32.7 Å². The number of rotatable bonds is 8. The van der Waals surface area contributed by atoms with Gasteiger partial charge in [-0.05, 0) is 48.9 Å². The van der Waals surface area contributed by atoms with Crippen LogP contribution in [0.25, 0.3) is 0 Å². The van der Waals surface area contributed by atoms with Crippen molar-refractivity contribution in [3.8, 4) is 6.07 Å². The van der Waals surface area contributed by atoms with Crippen LogP contribution in [0, 0.1) is 11.3 Å². The lowest BCUT2D eigenvalue weighted by molar-refractivity contribution is -0.142. The summed E-state index contributed by atoms with van der Waals surface area (Å²) in [7, 11) is 0. The number of hydrogen-bond acceptors (Lipinski definition) is 6. The van der Waals surface area contributed by atoms with Crippen LogP contribution in [0.5, 0.6) is 0 Å². The van der Waals surface area contributed by atoms with E-state index in [9.17, 15) is 28.0 Å². The molecule has 2 aromatic rings. The molecule has 4 rings (SSSR count). The zero-order valence-electron chi connectivity index (χ0n) is 22.8. The number of carbonyl (C=O) groups is 3. The van der Waals surface area contributed by atoms with Gasteiger partial charge in [0.1, 0.15) is 6.04 Å². The maximum atomic E-state index is 13.7. The predicted octanol–water partition coefficient (Wildman–Crippen LogP) is 3.59. The van der Waals surface area contributed by atoms with Crippen LogP contribution < -0.4 is 11.1 Å². The summed E-state index contributed by atoms with van der Waals surface area (Å²) in [5.41, 5.74) is 6.65. The second-order valence-electron chi connectivity index (χ2n) is 10.2. The van der Waals surface area contributed by atoms with Gasteiger partial charge in [0.2, 0.25) is 11.8 Å². The van der Waals surface area contributed by atoms with Crippen LogP contribution in [-0.4, -0.2) is 70.4 Å². The molecule has 0 spiro atoms. The maximum absolute atomic E-state index is 13.7. The SMILES string of the molecule is N#CC[C@H](C(=O)NCc1ccc(Cl)c(C(F)(F)F)c1)N1CCC(CCc2ccccc2)N2C[C@H](N)C[C@H]2C1=O.O=CO. The average molecular weight is 608 g/mol. The number of halogens is 4. The molecule has 2 fully saturated rings. The highest BCUT2D eigenvalue weighted by Crippen LogP contribution is 2.35. The number of nitrogens with zero attached hydrogens (tertiary/aromatic N) is 3. The molecule has 0 saturated carbocycles. The highest BCUT2D eigenvalue weighted by molar-refractivity contribution is 6.31. The Kier molecular flexibility index (Phi) is 11.7. The number of hydrogen-bond donors (Lipinski definition) is 3. The second kappa shape index (κ2) is 15.0. The molecule has 2 saturated heterocycles. The van der Waals surface area contributed by atoms with Crippen molar-refractivity contribution in [2.45, 2.75) is 69.0 Å². The first kappa shape index (κ1) is 32.8. The van der Waals surface area contributed by atoms with Crippen molar-refractivity contribution in [1.82, 2.24) is 15.1 Å². The normalized spacial score (nSPS) is 21.3. The topological polar surface area (TPSA) is 140 Å². The van der Waals surface area contributed by atoms with Gasteiger partial charge in [-0.25, -0.2) is 0 Å². The first-order valence-corrected chi connectivity index (χ1v) is 13.8. The zero-order valence-corrected chi connectivity index (χ0v) is 23.5. The number of nitriles is 1. The Bertz CT molecular complexity index is 1270. The highest BCUT2D eigenvalue weighted by Gasteiger charge is 2.45. The van der Waals surface area contributed by atoms with E-state index in [4.69, 9.17) is 27.2 Å². The number of amides is 2. The van der Waals surface area contributed by atoms with Gasteiger partial charge >= 0.3 is 6.18 Å². The Hall–Kier alpha value is -3.66. The largest absolute Gasteiger partial charge is 0.483 e. The molecule has 1 unspecified atom stereocenters. The second-order valence-corrected chi connectivity index (χ2v) is 10.6. The number of nitrogens with one attached hydrogen (secondary N) is 1. The van der Waals surface area contributed by atoms with Crippen LogP contribution in [-0.2, 0) is 33.5 Å². The van der Waals surface area contributed by atoms with Crippen LogP contribution in [0.1, 0.15) is 42.4 Å². The third kappa shape index (κ3) is 8.44. The number of carbonyl (C=O) groups excluding carboxylic acids is 2. The van der Waals surface area contributed by atoms with Gasteiger partial charge in [0.15, 0.2) is 0 Å². The summed E-state index contributed by atoms with van der Waals surface area (Å²) in [5.74, 6) is -0.837. The monoisotopic (exact) mass is 607 g/mol. The van der Waals surface area contributed by atoms with Crippen molar-refractivity contribution >= 4 is 29.9 Å². The lowest BCUT2D eigenvalue weighted by Gasteiger charge is -2.31. The van der Waals surface area contributed by atoms with Gasteiger partial charge in [0.05, 0.1) is 29.1 Å². The van der Waals surface area contributed by atoms with E-state index in [0.717, 1.165) is 25.0 Å². The van der Waals surface area contributed by atoms with E-state index in [-0.39, 0.29) is 43.0 Å². The molecule has 2 heterocycles. The van der Waals surface area contributed by atoms with Crippen molar-refractivity contribution in [3.63, 3.8) is 0 Å². The van der Waals surface area contributed by atoms with Crippen molar-refractivity contribution in [3.05, 3.63) is 70.2 Å². The average Bonchev–Trinajstić information content (AvgIpc) is 3.29. The predicted molar refractivity (Wildman–Crippen MR) is 149 cm³/mol. The lowest BCUT2D eigenvalue weighted by atomic mass is 10.0. The molecule has 4 N–H and O–H groups in total. The van der Waals surface area contributed by atoms with Gasteiger partial charge < -0.3 is 21.1 Å². The van der Waals surface area contributed by atoms with E-state index >= 15 is 0 Å². The van der Waals surface area contributed by atoms with E-state index in [1.807, 2.05) is 24.3 Å². The summed E-state index contributed by atoms with van der Waals surface area (Å²) in [4.78, 5) is 38.9. The zero-order chi connectivity index (χ0) is 30.9. The Morgan fingerprint density at radius 3 is 2.57 bits per heavy atom. The minimum Gasteiger partial charge on any atom is -0.483 e. The van der Waals surface area contributed by atoms with Crippen LogP contribution in [0.3, 0.4) is 0 Å². The number of carboxylic acid groups (broad SMARTS) is 1. The van der Waals surface area contributed by atoms with E-state index in [2.05, 4.69) is 22.3 Å². The number of nitrogens with two attached hydrogens (primary N) is 1. The van der Waals surface area contributed by atoms with Crippen LogP contribution in [0.15, 0.2) is 48.5 Å². The summed E-state index contributed by atoms with van der Waals surface area (Å²) < 4.78 is 39.7. The van der Waals surface area contributed by atoms with Crippen LogP contribution in [0.4, 0.5) is 13.2 Å². The third-order valence-corrected chi connectivity index (χ3v) is 7.82. The fraction of sp³-hybridized carbons (Fsp3) is 0.448. The van der Waals surface area contributed by atoms with Crippen molar-refractivity contribution in [1.29, 1.82) is 5.26 Å². The number of fused-ring (bicyclic) bond motifs is 1. The number of alkyl halides is 3. The molecule has 2 amide bonds. The third-order valence-electron chi connectivity index (χ3n) is 7.49. The van der Waals surface area contributed by atoms with Gasteiger partial charge in [-0.1, -0.05) is 48.0 Å². The number of benzene rings is 2. The molecule has 0 aliphatic carbocycles. The highest BCUT2D eigenvalue weighted by atomic mass is 35.5. The Morgan fingerprint density at radius 2 is 1.93 bits per heavy atom. The molecule has 0 aromatic heterocycles. The van der Waals surface area contributed by atoms with Gasteiger partial charge in [-0.2, -0.15) is 18.4 Å². The smallest absolute Gasteiger partial charge is 0.417 e. The van der Waals surface area contributed by atoms with Gasteiger partial charge in [-0.15, -0.1) is 0 Å². The number of aryl methyl sites for hydroxylation is 1. The molecule has 0 bridgehead atoms. The molecule has 226 valence electrons. The van der Waals surface area contributed by atoms with E-state index < -0.39 is 34.8 Å².